The van der Waals surface area contributed by atoms with Crippen molar-refractivity contribution in [3.63, 3.8) is 0 Å². The Morgan fingerprint density at radius 2 is 0.868 bits per heavy atom. The third-order valence-electron chi connectivity index (χ3n) is 7.37. The molecule has 0 amide bonds. The third kappa shape index (κ3) is 4.32. The van der Waals surface area contributed by atoms with Crippen LogP contribution in [0, 0.1) is 0 Å². The fraction of sp³-hybridized carbons (Fsp3) is 0.176. The van der Waals surface area contributed by atoms with Gasteiger partial charge in [-0.05, 0) is 72.2 Å². The van der Waals surface area contributed by atoms with E-state index in [0.717, 1.165) is 25.7 Å². The van der Waals surface area contributed by atoms with Gasteiger partial charge >= 0.3 is 0 Å². The first-order valence-corrected chi connectivity index (χ1v) is 14.4. The molecule has 4 heterocycles. The summed E-state index contributed by atoms with van der Waals surface area (Å²) in [5, 5.41) is 0. The predicted octanol–water partition coefficient (Wildman–Crippen LogP) is 9.54. The van der Waals surface area contributed by atoms with Gasteiger partial charge in [-0.2, -0.15) is 0 Å². The zero-order valence-corrected chi connectivity index (χ0v) is 22.8. The molecule has 0 saturated carbocycles. The van der Waals surface area contributed by atoms with Crippen molar-refractivity contribution in [1.82, 2.24) is 8.80 Å². The summed E-state index contributed by atoms with van der Waals surface area (Å²) < 4.78 is 4.77. The lowest BCUT2D eigenvalue weighted by molar-refractivity contribution is 0.938. The number of hydrogen-bond donors (Lipinski definition) is 0. The van der Waals surface area contributed by atoms with E-state index in [2.05, 4.69) is 118 Å². The summed E-state index contributed by atoms with van der Waals surface area (Å²) in [6.07, 6.45) is 8.11. The standard InChI is InChI=1S/C34H30Cl2N2/c35-21-11-17-27-29-19-7-9-23-37(29)33(31(27)25-13-3-1-4-14-25)34-32(26-15-5-2-6-16-26)28(18-12-22-36)30-20-8-10-24-38(30)34/h1-10,13-16,19-20,23-24H,11-12,17-18,21-22H2. The van der Waals surface area contributed by atoms with Crippen molar-refractivity contribution < 1.29 is 0 Å². The molecule has 0 aliphatic carbocycles. The molecule has 0 fully saturated rings. The number of hydrogen-bond acceptors (Lipinski definition) is 0. The molecule has 0 aliphatic heterocycles. The van der Waals surface area contributed by atoms with Gasteiger partial charge in [-0.1, -0.05) is 72.8 Å². The van der Waals surface area contributed by atoms with Gasteiger partial charge in [0.05, 0.1) is 11.4 Å². The van der Waals surface area contributed by atoms with Crippen LogP contribution in [0.25, 0.3) is 44.7 Å². The highest BCUT2D eigenvalue weighted by Gasteiger charge is 2.27. The molecule has 0 radical (unpaired) electrons. The first kappa shape index (κ1) is 24.9. The molecule has 0 spiro atoms. The molecule has 0 N–H and O–H groups in total. The minimum atomic E-state index is 0.639. The molecule has 6 aromatic rings. The van der Waals surface area contributed by atoms with Crippen LogP contribution < -0.4 is 0 Å². The number of aromatic nitrogens is 2. The number of alkyl halides is 2. The summed E-state index contributed by atoms with van der Waals surface area (Å²) >= 11 is 12.5. The average Bonchev–Trinajstić information content (AvgIpc) is 3.48. The Labute approximate surface area is 234 Å². The minimum absolute atomic E-state index is 0.639. The Morgan fingerprint density at radius 1 is 0.474 bits per heavy atom. The van der Waals surface area contributed by atoms with E-state index in [0.29, 0.717) is 11.8 Å². The van der Waals surface area contributed by atoms with E-state index in [1.54, 1.807) is 0 Å². The van der Waals surface area contributed by atoms with Crippen molar-refractivity contribution in [2.45, 2.75) is 25.7 Å². The Bertz CT molecular complexity index is 1550. The van der Waals surface area contributed by atoms with Crippen molar-refractivity contribution in [1.29, 1.82) is 0 Å². The van der Waals surface area contributed by atoms with E-state index < -0.39 is 0 Å². The van der Waals surface area contributed by atoms with Gasteiger partial charge in [0.15, 0.2) is 0 Å². The van der Waals surface area contributed by atoms with Gasteiger partial charge in [-0.25, -0.2) is 0 Å². The Hall–Kier alpha value is -3.46. The number of halogens is 2. The Balaban J connectivity index is 1.80. The number of aryl methyl sites for hydroxylation is 2. The molecule has 0 aliphatic rings. The predicted molar refractivity (Wildman–Crippen MR) is 163 cm³/mol. The van der Waals surface area contributed by atoms with Gasteiger partial charge in [0, 0.05) is 46.3 Å². The summed E-state index contributed by atoms with van der Waals surface area (Å²) in [7, 11) is 0. The molecule has 4 heteroatoms. The fourth-order valence-electron chi connectivity index (χ4n) is 5.84. The molecule has 2 nitrogen and oxygen atoms in total. The normalized spacial score (nSPS) is 11.5. The summed E-state index contributed by atoms with van der Waals surface area (Å²) in [6.45, 7) is 0. The van der Waals surface area contributed by atoms with E-state index in [-0.39, 0.29) is 0 Å². The van der Waals surface area contributed by atoms with Crippen molar-refractivity contribution in [2.75, 3.05) is 11.8 Å². The highest BCUT2D eigenvalue weighted by atomic mass is 35.5. The van der Waals surface area contributed by atoms with Crippen molar-refractivity contribution in [2.24, 2.45) is 0 Å². The Kier molecular flexibility index (Phi) is 7.27. The quantitative estimate of drug-likeness (QED) is 0.162. The van der Waals surface area contributed by atoms with Crippen LogP contribution in [0.3, 0.4) is 0 Å². The van der Waals surface area contributed by atoms with Crippen LogP contribution in [0.2, 0.25) is 0 Å². The smallest absolute Gasteiger partial charge is 0.0786 e. The zero-order chi connectivity index (χ0) is 25.9. The molecule has 6 rings (SSSR count). The van der Waals surface area contributed by atoms with E-state index in [4.69, 9.17) is 23.2 Å². The van der Waals surface area contributed by atoms with Crippen LogP contribution in [-0.2, 0) is 12.8 Å². The fourth-order valence-corrected chi connectivity index (χ4v) is 6.11. The van der Waals surface area contributed by atoms with E-state index >= 15 is 0 Å². The van der Waals surface area contributed by atoms with Gasteiger partial charge in [0.25, 0.3) is 0 Å². The SMILES string of the molecule is ClCCCc1c(-c2ccccc2)c(-c2c(-c3ccccc3)c(CCCCl)c3ccccn23)n2ccccc12. The summed E-state index contributed by atoms with van der Waals surface area (Å²) in [4.78, 5) is 0. The van der Waals surface area contributed by atoms with Crippen LogP contribution in [0.15, 0.2) is 109 Å². The molecular formula is C34H30Cl2N2. The topological polar surface area (TPSA) is 8.82 Å². The van der Waals surface area contributed by atoms with Crippen LogP contribution in [0.1, 0.15) is 24.0 Å². The van der Waals surface area contributed by atoms with Gasteiger partial charge in [-0.15, -0.1) is 23.2 Å². The van der Waals surface area contributed by atoms with Crippen LogP contribution >= 0.6 is 23.2 Å². The average molecular weight is 538 g/mol. The highest BCUT2D eigenvalue weighted by Crippen LogP contribution is 2.46. The Morgan fingerprint density at radius 3 is 1.26 bits per heavy atom. The maximum absolute atomic E-state index is 6.24. The van der Waals surface area contributed by atoms with Crippen LogP contribution in [-0.4, -0.2) is 20.6 Å². The summed E-state index contributed by atoms with van der Waals surface area (Å²) in [5.74, 6) is 1.28. The van der Waals surface area contributed by atoms with Crippen LogP contribution in [0.5, 0.6) is 0 Å². The van der Waals surface area contributed by atoms with E-state index in [9.17, 15) is 0 Å². The summed E-state index contributed by atoms with van der Waals surface area (Å²) in [5.41, 5.74) is 12.6. The minimum Gasteiger partial charge on any atom is -0.314 e. The lowest BCUT2D eigenvalue weighted by Gasteiger charge is -2.13. The highest BCUT2D eigenvalue weighted by molar-refractivity contribution is 6.18. The van der Waals surface area contributed by atoms with Gasteiger partial charge in [0.1, 0.15) is 0 Å². The molecule has 4 aromatic heterocycles. The molecule has 2 aromatic carbocycles. The second-order valence-electron chi connectivity index (χ2n) is 9.63. The largest absolute Gasteiger partial charge is 0.314 e. The van der Waals surface area contributed by atoms with Crippen molar-refractivity contribution in [3.8, 4) is 33.6 Å². The van der Waals surface area contributed by atoms with Crippen molar-refractivity contribution >= 4 is 34.2 Å². The third-order valence-corrected chi connectivity index (χ3v) is 7.90. The van der Waals surface area contributed by atoms with Gasteiger partial charge in [-0.3, -0.25) is 0 Å². The number of pyridine rings is 2. The number of nitrogens with zero attached hydrogens (tertiary/aromatic N) is 2. The zero-order valence-electron chi connectivity index (χ0n) is 21.3. The molecule has 190 valence electrons. The molecular weight excluding hydrogens is 507 g/mol. The molecule has 0 atom stereocenters. The maximum atomic E-state index is 6.24. The van der Waals surface area contributed by atoms with E-state index in [1.807, 2.05) is 0 Å². The number of rotatable bonds is 9. The van der Waals surface area contributed by atoms with Gasteiger partial charge in [0.2, 0.25) is 0 Å². The maximum Gasteiger partial charge on any atom is 0.0786 e. The molecule has 0 unspecified atom stereocenters. The van der Waals surface area contributed by atoms with Gasteiger partial charge < -0.3 is 8.80 Å². The lowest BCUT2D eigenvalue weighted by atomic mass is 9.92. The molecule has 38 heavy (non-hydrogen) atoms. The number of benzene rings is 2. The molecule has 0 saturated heterocycles. The first-order chi connectivity index (χ1) is 18.8. The lowest BCUT2D eigenvalue weighted by Crippen LogP contribution is -1.96. The van der Waals surface area contributed by atoms with Crippen molar-refractivity contribution in [3.05, 3.63) is 121 Å². The summed E-state index contributed by atoms with van der Waals surface area (Å²) in [6, 6.07) is 34.6. The second kappa shape index (κ2) is 11.1. The van der Waals surface area contributed by atoms with Crippen LogP contribution in [0.4, 0.5) is 0 Å². The number of fused-ring (bicyclic) bond motifs is 2. The second-order valence-corrected chi connectivity index (χ2v) is 10.4. The molecule has 0 bridgehead atoms. The first-order valence-electron chi connectivity index (χ1n) is 13.3. The van der Waals surface area contributed by atoms with E-state index in [1.165, 1.54) is 55.8 Å². The monoisotopic (exact) mass is 536 g/mol.